The second-order valence-corrected chi connectivity index (χ2v) is 4.58. The van der Waals surface area contributed by atoms with Gasteiger partial charge in [0.2, 0.25) is 0 Å². The van der Waals surface area contributed by atoms with Gasteiger partial charge in [-0.3, -0.25) is 0 Å². The first kappa shape index (κ1) is 14.1. The van der Waals surface area contributed by atoms with E-state index < -0.39 is 0 Å². The molecule has 0 saturated carbocycles. The fourth-order valence-electron chi connectivity index (χ4n) is 2.47. The molecule has 4 rings (SSSR count). The minimum Gasteiger partial charge on any atom is -0.0808 e. The van der Waals surface area contributed by atoms with Gasteiger partial charge in [0.15, 0.2) is 0 Å². The Labute approximate surface area is 129 Å². The Balaban J connectivity index is 0.000000190. The summed E-state index contributed by atoms with van der Waals surface area (Å²) in [6.07, 6.45) is 10.6. The van der Waals surface area contributed by atoms with Gasteiger partial charge in [0, 0.05) is 21.7 Å². The predicted molar refractivity (Wildman–Crippen MR) is 77.6 cm³/mol. The van der Waals surface area contributed by atoms with Gasteiger partial charge in [-0.2, -0.15) is 0 Å². The van der Waals surface area contributed by atoms with Gasteiger partial charge < -0.3 is 0 Å². The molecule has 92 valence electrons. The molecule has 2 aromatic carbocycles. The van der Waals surface area contributed by atoms with Crippen molar-refractivity contribution in [2.75, 3.05) is 0 Å². The van der Waals surface area contributed by atoms with E-state index in [4.69, 9.17) is 0 Å². The van der Waals surface area contributed by atoms with E-state index in [1.54, 1.807) is 0 Å². The molecule has 0 N–H and O–H groups in total. The maximum atomic E-state index is 2.22. The van der Waals surface area contributed by atoms with Gasteiger partial charge in [-0.15, -0.1) is 0 Å². The first-order valence-corrected chi connectivity index (χ1v) is 6.43. The van der Waals surface area contributed by atoms with Gasteiger partial charge in [-0.1, -0.05) is 72.8 Å². The molecule has 0 radical (unpaired) electrons. The molecule has 0 bridgehead atoms. The van der Waals surface area contributed by atoms with E-state index in [0.717, 1.165) is 12.8 Å². The number of rotatable bonds is 0. The van der Waals surface area contributed by atoms with Crippen LogP contribution < -0.4 is 0 Å². The van der Waals surface area contributed by atoms with Gasteiger partial charge in [0.25, 0.3) is 0 Å². The van der Waals surface area contributed by atoms with Crippen molar-refractivity contribution in [2.24, 2.45) is 0 Å². The average molecular weight is 280 g/mol. The molecule has 2 aliphatic carbocycles. The fourth-order valence-corrected chi connectivity index (χ4v) is 2.47. The summed E-state index contributed by atoms with van der Waals surface area (Å²) in [5.74, 6) is 0. The van der Waals surface area contributed by atoms with E-state index >= 15 is 0 Å². The maximum Gasteiger partial charge on any atom is 0 e. The quantitative estimate of drug-likeness (QED) is 0.521. The zero-order chi connectivity index (χ0) is 12.2. The number of benzene rings is 2. The number of allylic oxidation sites excluding steroid dienone is 4. The Morgan fingerprint density at radius 1 is 0.632 bits per heavy atom. The summed E-state index contributed by atoms with van der Waals surface area (Å²) < 4.78 is 0. The Morgan fingerprint density at radius 2 is 1.11 bits per heavy atom. The largest absolute Gasteiger partial charge is 0.0808 e. The van der Waals surface area contributed by atoms with Crippen LogP contribution in [0.2, 0.25) is 0 Å². The van der Waals surface area contributed by atoms with Crippen molar-refractivity contribution < 1.29 is 21.7 Å². The van der Waals surface area contributed by atoms with Crippen LogP contribution >= 0.6 is 0 Å². The van der Waals surface area contributed by atoms with Crippen LogP contribution in [0.15, 0.2) is 72.8 Å². The molecule has 0 spiro atoms. The number of hydrogen-bond donors (Lipinski definition) is 0. The predicted octanol–water partition coefficient (Wildman–Crippen LogP) is 4.76. The van der Waals surface area contributed by atoms with Crippen molar-refractivity contribution in [2.45, 2.75) is 12.8 Å². The van der Waals surface area contributed by atoms with Crippen LogP contribution in [-0.4, -0.2) is 0 Å². The molecule has 1 heteroatoms. The van der Waals surface area contributed by atoms with Gasteiger partial charge in [0.05, 0.1) is 0 Å². The monoisotopic (exact) mass is 280 g/mol. The fraction of sp³-hybridized carbons (Fsp3) is 0.111. The molecule has 0 saturated heterocycles. The van der Waals surface area contributed by atoms with Gasteiger partial charge >= 0.3 is 0 Å². The summed E-state index contributed by atoms with van der Waals surface area (Å²) in [6, 6.07) is 17.3. The van der Waals surface area contributed by atoms with E-state index in [9.17, 15) is 0 Å². The molecule has 2 aliphatic rings. The van der Waals surface area contributed by atoms with Crippen molar-refractivity contribution in [3.8, 4) is 11.1 Å². The summed E-state index contributed by atoms with van der Waals surface area (Å²) in [7, 11) is 0. The van der Waals surface area contributed by atoms with Gasteiger partial charge in [0.1, 0.15) is 0 Å². The SMILES string of the molecule is C1=CCC=C1.[Ti].c1ccc2c(c1)Cc1ccccc1-2. The Bertz CT molecular complexity index is 555. The maximum absolute atomic E-state index is 2.22. The Hall–Kier alpha value is -1.37. The van der Waals surface area contributed by atoms with Crippen molar-refractivity contribution in [1.29, 1.82) is 0 Å². The van der Waals surface area contributed by atoms with Crippen LogP contribution in [0.4, 0.5) is 0 Å². The zero-order valence-corrected chi connectivity index (χ0v) is 12.4. The molecular weight excluding hydrogens is 264 g/mol. The molecule has 0 atom stereocenters. The molecule has 0 nitrogen and oxygen atoms in total. The van der Waals surface area contributed by atoms with Gasteiger partial charge in [-0.25, -0.2) is 0 Å². The van der Waals surface area contributed by atoms with E-state index in [2.05, 4.69) is 72.8 Å². The van der Waals surface area contributed by atoms with Crippen LogP contribution in [0.25, 0.3) is 11.1 Å². The van der Waals surface area contributed by atoms with Crippen LogP contribution in [0.1, 0.15) is 17.5 Å². The van der Waals surface area contributed by atoms with Crippen LogP contribution in [0, 0.1) is 0 Å². The van der Waals surface area contributed by atoms with E-state index in [-0.39, 0.29) is 21.7 Å². The molecule has 0 fully saturated rings. The van der Waals surface area contributed by atoms with Crippen molar-refractivity contribution >= 4 is 0 Å². The van der Waals surface area contributed by atoms with Crippen molar-refractivity contribution in [3.05, 3.63) is 84.0 Å². The first-order chi connectivity index (χ1) is 8.95. The molecule has 19 heavy (non-hydrogen) atoms. The normalized spacial score (nSPS) is 13.1. The average Bonchev–Trinajstić information content (AvgIpc) is 3.10. The number of hydrogen-bond acceptors (Lipinski definition) is 0. The summed E-state index contributed by atoms with van der Waals surface area (Å²) in [6.45, 7) is 0. The topological polar surface area (TPSA) is 0 Å². The summed E-state index contributed by atoms with van der Waals surface area (Å²) in [5, 5.41) is 0. The number of fused-ring (bicyclic) bond motifs is 3. The summed E-state index contributed by atoms with van der Waals surface area (Å²) >= 11 is 0. The van der Waals surface area contributed by atoms with E-state index in [1.807, 2.05) is 0 Å². The van der Waals surface area contributed by atoms with Crippen LogP contribution in [0.5, 0.6) is 0 Å². The first-order valence-electron chi connectivity index (χ1n) is 6.43. The van der Waals surface area contributed by atoms with Gasteiger partial charge in [-0.05, 0) is 35.1 Å². The zero-order valence-electron chi connectivity index (χ0n) is 10.8. The Kier molecular flexibility index (Phi) is 4.96. The molecule has 0 amide bonds. The minimum atomic E-state index is 0. The molecule has 0 heterocycles. The third-order valence-electron chi connectivity index (χ3n) is 3.36. The second-order valence-electron chi connectivity index (χ2n) is 4.58. The molecule has 0 aromatic heterocycles. The molecular formula is C18H16Ti. The van der Waals surface area contributed by atoms with E-state index in [1.165, 1.54) is 22.3 Å². The third-order valence-corrected chi connectivity index (χ3v) is 3.36. The summed E-state index contributed by atoms with van der Waals surface area (Å²) in [5.41, 5.74) is 5.75. The molecule has 2 aromatic rings. The summed E-state index contributed by atoms with van der Waals surface area (Å²) in [4.78, 5) is 0. The minimum absolute atomic E-state index is 0. The third kappa shape index (κ3) is 3.15. The van der Waals surface area contributed by atoms with E-state index in [0.29, 0.717) is 0 Å². The van der Waals surface area contributed by atoms with Crippen LogP contribution in [0.3, 0.4) is 0 Å². The molecule has 0 aliphatic heterocycles. The Morgan fingerprint density at radius 3 is 1.53 bits per heavy atom. The van der Waals surface area contributed by atoms with Crippen LogP contribution in [-0.2, 0) is 28.1 Å². The van der Waals surface area contributed by atoms with Crippen molar-refractivity contribution in [3.63, 3.8) is 0 Å². The standard InChI is InChI=1S/C13H10.C5H6.Ti/c1-3-7-12-10(5-1)9-11-6-2-4-8-13(11)12;1-2-4-5-3-1;/h1-8H,9H2;1-4H,5H2;. The van der Waals surface area contributed by atoms with Crippen molar-refractivity contribution in [1.82, 2.24) is 0 Å². The molecule has 0 unspecified atom stereocenters. The second kappa shape index (κ2) is 6.70. The smallest absolute Gasteiger partial charge is 0 e.